The van der Waals surface area contributed by atoms with Gasteiger partial charge in [0.25, 0.3) is 0 Å². The van der Waals surface area contributed by atoms with Gasteiger partial charge in [0, 0.05) is 6.08 Å². The smallest absolute Gasteiger partial charge is 0.167 e. The van der Waals surface area contributed by atoms with Gasteiger partial charge in [0.2, 0.25) is 0 Å². The van der Waals surface area contributed by atoms with Crippen molar-refractivity contribution in [1.29, 1.82) is 0 Å². The molecule has 0 aromatic rings. The topological polar surface area (TPSA) is 0 Å². The van der Waals surface area contributed by atoms with Crippen LogP contribution in [0.15, 0.2) is 23.8 Å². The highest BCUT2D eigenvalue weighted by Gasteiger charge is 2.36. The lowest BCUT2D eigenvalue weighted by atomic mass is 10.0. The van der Waals surface area contributed by atoms with Crippen molar-refractivity contribution in [3.05, 3.63) is 23.8 Å². The molecule has 0 radical (unpaired) electrons. The van der Waals surface area contributed by atoms with Crippen molar-refractivity contribution in [2.45, 2.75) is 19.0 Å². The summed E-state index contributed by atoms with van der Waals surface area (Å²) >= 11 is 0. The standard InChI is InChI=1S/C9H9F3/c10-9(11,12)5-8-6-1-2-7(8)4-3-6/h1-2,5-7H,3-4H2. The molecule has 3 heteroatoms. The van der Waals surface area contributed by atoms with Crippen LogP contribution >= 0.6 is 0 Å². The molecule has 66 valence electrons. The Bertz CT molecular complexity index is 231. The maximum Gasteiger partial charge on any atom is 0.409 e. The summed E-state index contributed by atoms with van der Waals surface area (Å²) in [5.41, 5.74) is 0.572. The molecule has 0 heterocycles. The Morgan fingerprint density at radius 1 is 1.17 bits per heavy atom. The second kappa shape index (κ2) is 2.38. The van der Waals surface area contributed by atoms with Gasteiger partial charge in [0.1, 0.15) is 0 Å². The Labute approximate surface area is 68.8 Å². The molecule has 2 aliphatic rings. The summed E-state index contributed by atoms with van der Waals surface area (Å²) in [6.45, 7) is 0. The van der Waals surface area contributed by atoms with Gasteiger partial charge in [-0.15, -0.1) is 0 Å². The summed E-state index contributed by atoms with van der Waals surface area (Å²) < 4.78 is 35.9. The first kappa shape index (κ1) is 7.90. The number of alkyl halides is 3. The summed E-state index contributed by atoms with van der Waals surface area (Å²) in [5, 5.41) is 0. The SMILES string of the molecule is FC(F)(F)C=C1C2C=CC1CC2. The van der Waals surface area contributed by atoms with Gasteiger partial charge in [-0.1, -0.05) is 17.7 Å². The van der Waals surface area contributed by atoms with Crippen LogP contribution in [0.2, 0.25) is 0 Å². The van der Waals surface area contributed by atoms with Crippen molar-refractivity contribution < 1.29 is 13.2 Å². The highest BCUT2D eigenvalue weighted by molar-refractivity contribution is 5.32. The zero-order chi connectivity index (χ0) is 8.77. The van der Waals surface area contributed by atoms with Crippen LogP contribution in [0.3, 0.4) is 0 Å². The van der Waals surface area contributed by atoms with Crippen LogP contribution in [0.25, 0.3) is 0 Å². The third kappa shape index (κ3) is 1.28. The lowest BCUT2D eigenvalue weighted by molar-refractivity contribution is -0.0808. The Balaban J connectivity index is 2.23. The monoisotopic (exact) mass is 174 g/mol. The number of fused-ring (bicyclic) bond motifs is 2. The first-order valence-electron chi connectivity index (χ1n) is 4.04. The number of allylic oxidation sites excluding steroid dienone is 4. The molecule has 0 aliphatic heterocycles. The van der Waals surface area contributed by atoms with E-state index in [1.165, 1.54) is 0 Å². The predicted octanol–water partition coefficient (Wildman–Crippen LogP) is 3.07. The maximum absolute atomic E-state index is 12.0. The molecule has 0 N–H and O–H groups in total. The van der Waals surface area contributed by atoms with Crippen molar-refractivity contribution in [3.8, 4) is 0 Å². The molecule has 0 amide bonds. The molecule has 0 saturated heterocycles. The lowest BCUT2D eigenvalue weighted by Gasteiger charge is -2.06. The van der Waals surface area contributed by atoms with Crippen LogP contribution in [-0.2, 0) is 0 Å². The molecule has 2 aliphatic carbocycles. The first-order chi connectivity index (χ1) is 5.56. The largest absolute Gasteiger partial charge is 0.409 e. The van der Waals surface area contributed by atoms with E-state index in [9.17, 15) is 13.2 Å². The molecule has 0 nitrogen and oxygen atoms in total. The zero-order valence-electron chi connectivity index (χ0n) is 6.43. The number of hydrogen-bond donors (Lipinski definition) is 0. The predicted molar refractivity (Wildman–Crippen MR) is 39.5 cm³/mol. The van der Waals surface area contributed by atoms with E-state index in [1.54, 1.807) is 0 Å². The van der Waals surface area contributed by atoms with E-state index >= 15 is 0 Å². The quantitative estimate of drug-likeness (QED) is 0.495. The fraction of sp³-hybridized carbons (Fsp3) is 0.556. The molecule has 0 aromatic carbocycles. The van der Waals surface area contributed by atoms with Crippen LogP contribution in [0.1, 0.15) is 12.8 Å². The van der Waals surface area contributed by atoms with Gasteiger partial charge >= 0.3 is 6.18 Å². The number of halogens is 3. The first-order valence-corrected chi connectivity index (χ1v) is 4.04. The van der Waals surface area contributed by atoms with Crippen molar-refractivity contribution in [1.82, 2.24) is 0 Å². The summed E-state index contributed by atoms with van der Waals surface area (Å²) in [6, 6.07) is 0. The van der Waals surface area contributed by atoms with Crippen LogP contribution in [0.4, 0.5) is 13.2 Å². The zero-order valence-corrected chi connectivity index (χ0v) is 6.43. The van der Waals surface area contributed by atoms with Crippen LogP contribution in [0.5, 0.6) is 0 Å². The normalized spacial score (nSPS) is 33.1. The van der Waals surface area contributed by atoms with Crippen LogP contribution in [-0.4, -0.2) is 6.18 Å². The van der Waals surface area contributed by atoms with Crippen molar-refractivity contribution in [2.24, 2.45) is 11.8 Å². The van der Waals surface area contributed by atoms with E-state index in [2.05, 4.69) is 0 Å². The number of hydrogen-bond acceptors (Lipinski definition) is 0. The summed E-state index contributed by atoms with van der Waals surface area (Å²) in [5.74, 6) is 0.160. The van der Waals surface area contributed by atoms with E-state index in [4.69, 9.17) is 0 Å². The highest BCUT2D eigenvalue weighted by Crippen LogP contribution is 2.45. The Kier molecular flexibility index (Phi) is 1.56. The molecule has 2 rings (SSSR count). The minimum absolute atomic E-state index is 0.0802. The van der Waals surface area contributed by atoms with E-state index in [1.807, 2.05) is 12.2 Å². The molecule has 2 atom stereocenters. The van der Waals surface area contributed by atoms with Crippen molar-refractivity contribution >= 4 is 0 Å². The molecule has 2 unspecified atom stereocenters. The molecule has 1 saturated carbocycles. The number of rotatable bonds is 0. The van der Waals surface area contributed by atoms with Gasteiger partial charge in [-0.2, -0.15) is 13.2 Å². The van der Waals surface area contributed by atoms with Gasteiger partial charge in [0.15, 0.2) is 0 Å². The van der Waals surface area contributed by atoms with Gasteiger partial charge in [-0.3, -0.25) is 0 Å². The Hall–Kier alpha value is -0.730. The molecule has 0 spiro atoms. The average Bonchev–Trinajstić information content (AvgIpc) is 2.46. The third-order valence-corrected chi connectivity index (χ3v) is 2.55. The summed E-state index contributed by atoms with van der Waals surface area (Å²) in [7, 11) is 0. The molecule has 0 aromatic heterocycles. The third-order valence-electron chi connectivity index (χ3n) is 2.55. The minimum Gasteiger partial charge on any atom is -0.167 e. The highest BCUT2D eigenvalue weighted by atomic mass is 19.4. The summed E-state index contributed by atoms with van der Waals surface area (Å²) in [4.78, 5) is 0. The fourth-order valence-electron chi connectivity index (χ4n) is 2.05. The van der Waals surface area contributed by atoms with Crippen molar-refractivity contribution in [2.75, 3.05) is 0 Å². The molecule has 2 bridgehead atoms. The molecule has 12 heavy (non-hydrogen) atoms. The summed E-state index contributed by atoms with van der Waals surface area (Å²) in [6.07, 6.45) is 1.92. The average molecular weight is 174 g/mol. The van der Waals surface area contributed by atoms with Gasteiger partial charge in [0.05, 0.1) is 0 Å². The van der Waals surface area contributed by atoms with E-state index in [-0.39, 0.29) is 11.8 Å². The lowest BCUT2D eigenvalue weighted by Crippen LogP contribution is -2.05. The molecular weight excluding hydrogens is 165 g/mol. The second-order valence-corrected chi connectivity index (χ2v) is 3.36. The Morgan fingerprint density at radius 2 is 1.67 bits per heavy atom. The fourth-order valence-corrected chi connectivity index (χ4v) is 2.05. The van der Waals surface area contributed by atoms with E-state index in [0.29, 0.717) is 11.6 Å². The minimum atomic E-state index is -4.14. The second-order valence-electron chi connectivity index (χ2n) is 3.36. The molecule has 1 fully saturated rings. The van der Waals surface area contributed by atoms with Gasteiger partial charge < -0.3 is 0 Å². The van der Waals surface area contributed by atoms with Gasteiger partial charge in [-0.25, -0.2) is 0 Å². The Morgan fingerprint density at radius 3 is 2.00 bits per heavy atom. The molecular formula is C9H9F3. The van der Waals surface area contributed by atoms with Crippen LogP contribution in [0, 0.1) is 11.8 Å². The van der Waals surface area contributed by atoms with Gasteiger partial charge in [-0.05, 0) is 24.7 Å². The van der Waals surface area contributed by atoms with Crippen molar-refractivity contribution in [3.63, 3.8) is 0 Å². The maximum atomic E-state index is 12.0. The van der Waals surface area contributed by atoms with Crippen LogP contribution < -0.4 is 0 Å². The van der Waals surface area contributed by atoms with E-state index in [0.717, 1.165) is 12.8 Å². The van der Waals surface area contributed by atoms with E-state index < -0.39 is 6.18 Å².